The zero-order valence-electron chi connectivity index (χ0n) is 22.5. The van der Waals surface area contributed by atoms with E-state index >= 15 is 0 Å². The number of alkyl halides is 2. The Kier molecular flexibility index (Phi) is 6.87. The van der Waals surface area contributed by atoms with Crippen molar-refractivity contribution in [3.63, 3.8) is 0 Å². The number of carbonyl (C=O) groups excluding carboxylic acids is 1. The highest BCUT2D eigenvalue weighted by molar-refractivity contribution is 5.93. The molecule has 0 radical (unpaired) electrons. The third-order valence-corrected chi connectivity index (χ3v) is 7.32. The number of aromatic nitrogens is 7. The van der Waals surface area contributed by atoms with Crippen LogP contribution in [0.3, 0.4) is 0 Å². The van der Waals surface area contributed by atoms with Gasteiger partial charge in [-0.1, -0.05) is 46.4 Å². The van der Waals surface area contributed by atoms with E-state index < -0.39 is 12.6 Å². The molecule has 1 aliphatic heterocycles. The van der Waals surface area contributed by atoms with E-state index in [9.17, 15) is 13.6 Å². The van der Waals surface area contributed by atoms with Crippen molar-refractivity contribution in [3.05, 3.63) is 96.4 Å². The van der Waals surface area contributed by atoms with Gasteiger partial charge in [0, 0.05) is 43.5 Å². The van der Waals surface area contributed by atoms with E-state index in [2.05, 4.69) is 35.4 Å². The van der Waals surface area contributed by atoms with E-state index in [0.29, 0.717) is 53.5 Å². The molecule has 4 aromatic heterocycles. The first-order valence-corrected chi connectivity index (χ1v) is 13.5. The van der Waals surface area contributed by atoms with Crippen molar-refractivity contribution in [1.29, 1.82) is 0 Å². The van der Waals surface area contributed by atoms with Crippen LogP contribution in [0.5, 0.6) is 0 Å². The molecule has 0 saturated carbocycles. The number of nitrogens with zero attached hydrogens (tertiary/aromatic N) is 9. The van der Waals surface area contributed by atoms with Gasteiger partial charge in [0.05, 0.1) is 12.2 Å². The standard InChI is InChI=1S/C29H23F2N9O3/c30-29(31)40-36-26(35-37-40)25(18-4-2-1-3-5-18)38-10-12-39(13-11-38)28(41)23-15-20(8-9-32-23)27-34-22-14-19(6-7-24(22)43-27)21-16-33-42-17-21/h1-9,14-17,25,29H,10-13H2/t25-/m1/s1. The molecule has 5 heterocycles. The lowest BCUT2D eigenvalue weighted by molar-refractivity contribution is 0.0385. The molecule has 0 unspecified atom stereocenters. The molecular formula is C29H23F2N9O3. The molecule has 14 heteroatoms. The molecule has 216 valence electrons. The van der Waals surface area contributed by atoms with Crippen molar-refractivity contribution in [2.24, 2.45) is 0 Å². The summed E-state index contributed by atoms with van der Waals surface area (Å²) >= 11 is 0. The Morgan fingerprint density at radius 3 is 2.51 bits per heavy atom. The molecule has 1 atom stereocenters. The van der Waals surface area contributed by atoms with E-state index in [0.717, 1.165) is 16.7 Å². The minimum Gasteiger partial charge on any atom is -0.436 e. The van der Waals surface area contributed by atoms with Crippen LogP contribution < -0.4 is 0 Å². The molecule has 0 bridgehead atoms. The number of piperazine rings is 1. The summed E-state index contributed by atoms with van der Waals surface area (Å²) in [6, 6.07) is 17.9. The van der Waals surface area contributed by atoms with Crippen molar-refractivity contribution in [1.82, 2.24) is 45.1 Å². The monoisotopic (exact) mass is 583 g/mol. The summed E-state index contributed by atoms with van der Waals surface area (Å²) in [4.78, 5) is 26.5. The maximum atomic E-state index is 13.5. The number of fused-ring (bicyclic) bond motifs is 1. The van der Waals surface area contributed by atoms with Crippen LogP contribution in [0.15, 0.2) is 88.3 Å². The van der Waals surface area contributed by atoms with Crippen LogP contribution in [0.4, 0.5) is 8.78 Å². The van der Waals surface area contributed by atoms with E-state index in [4.69, 9.17) is 8.94 Å². The Balaban J connectivity index is 1.08. The number of pyridine rings is 1. The van der Waals surface area contributed by atoms with Gasteiger partial charge in [0.25, 0.3) is 5.91 Å². The number of hydrogen-bond donors (Lipinski definition) is 0. The molecule has 2 aromatic carbocycles. The first kappa shape index (κ1) is 26.5. The lowest BCUT2D eigenvalue weighted by Gasteiger charge is -2.38. The maximum Gasteiger partial charge on any atom is 0.350 e. The van der Waals surface area contributed by atoms with Crippen LogP contribution in [-0.4, -0.2) is 77.2 Å². The van der Waals surface area contributed by atoms with E-state index in [1.165, 1.54) is 0 Å². The fraction of sp³-hybridized carbons (Fsp3) is 0.207. The topological polar surface area (TPSA) is 132 Å². The van der Waals surface area contributed by atoms with E-state index in [-0.39, 0.29) is 17.4 Å². The first-order valence-electron chi connectivity index (χ1n) is 13.5. The molecule has 6 aromatic rings. The highest BCUT2D eigenvalue weighted by Crippen LogP contribution is 2.30. The number of halogens is 2. The predicted octanol–water partition coefficient (Wildman–Crippen LogP) is 4.47. The number of amides is 1. The number of oxazole rings is 1. The summed E-state index contributed by atoms with van der Waals surface area (Å²) in [5.41, 5.74) is 4.71. The van der Waals surface area contributed by atoms with Crippen molar-refractivity contribution in [2.75, 3.05) is 26.2 Å². The average molecular weight is 584 g/mol. The Hall–Kier alpha value is -5.37. The minimum absolute atomic E-state index is 0.174. The number of carbonyl (C=O) groups is 1. The first-order chi connectivity index (χ1) is 21.0. The van der Waals surface area contributed by atoms with Gasteiger partial charge in [-0.25, -0.2) is 4.98 Å². The van der Waals surface area contributed by atoms with Gasteiger partial charge in [-0.2, -0.15) is 8.78 Å². The molecule has 1 amide bonds. The van der Waals surface area contributed by atoms with Gasteiger partial charge in [-0.3, -0.25) is 14.7 Å². The second kappa shape index (κ2) is 11.1. The largest absolute Gasteiger partial charge is 0.436 e. The fourth-order valence-corrected chi connectivity index (χ4v) is 5.19. The third-order valence-electron chi connectivity index (χ3n) is 7.32. The van der Waals surface area contributed by atoms with Crippen LogP contribution >= 0.6 is 0 Å². The normalized spacial score (nSPS) is 14.9. The van der Waals surface area contributed by atoms with Crippen LogP contribution in [0.1, 0.15) is 34.5 Å². The Bertz CT molecular complexity index is 1870. The Labute approximate surface area is 242 Å². The molecule has 0 spiro atoms. The zero-order valence-corrected chi connectivity index (χ0v) is 22.5. The van der Waals surface area contributed by atoms with Crippen molar-refractivity contribution >= 4 is 17.0 Å². The van der Waals surface area contributed by atoms with Crippen LogP contribution in [-0.2, 0) is 0 Å². The van der Waals surface area contributed by atoms with Crippen LogP contribution in [0.2, 0.25) is 0 Å². The molecule has 43 heavy (non-hydrogen) atoms. The third kappa shape index (κ3) is 5.23. The lowest BCUT2D eigenvalue weighted by atomic mass is 10.0. The number of benzene rings is 2. The smallest absolute Gasteiger partial charge is 0.350 e. The molecule has 12 nitrogen and oxygen atoms in total. The number of hydrogen-bond acceptors (Lipinski definition) is 10. The summed E-state index contributed by atoms with van der Waals surface area (Å²) < 4.78 is 37.2. The summed E-state index contributed by atoms with van der Waals surface area (Å²) in [6.45, 7) is -1.17. The highest BCUT2D eigenvalue weighted by atomic mass is 19.3. The van der Waals surface area contributed by atoms with Gasteiger partial charge in [-0.15, -0.1) is 10.2 Å². The van der Waals surface area contributed by atoms with Gasteiger partial charge in [0.2, 0.25) is 5.89 Å². The highest BCUT2D eigenvalue weighted by Gasteiger charge is 2.32. The summed E-state index contributed by atoms with van der Waals surface area (Å²) in [5, 5.41) is 15.1. The number of tetrazole rings is 1. The maximum absolute atomic E-state index is 13.5. The van der Waals surface area contributed by atoms with Gasteiger partial charge in [0.1, 0.15) is 17.5 Å². The van der Waals surface area contributed by atoms with Gasteiger partial charge in [-0.05, 0) is 40.6 Å². The summed E-state index contributed by atoms with van der Waals surface area (Å²) in [5.74, 6) is 0.312. The second-order valence-corrected chi connectivity index (χ2v) is 9.93. The Morgan fingerprint density at radius 2 is 1.77 bits per heavy atom. The SMILES string of the molecule is O=C(c1cc(-c2nc3cc(-c4cnoc4)ccc3o2)ccn1)N1CCN([C@H](c2ccccc2)c2nnn(C(F)F)n2)CC1. The molecule has 0 aliphatic carbocycles. The fourth-order valence-electron chi connectivity index (χ4n) is 5.19. The molecule has 1 saturated heterocycles. The molecule has 7 rings (SSSR count). The zero-order chi connectivity index (χ0) is 29.3. The molecule has 0 N–H and O–H groups in total. The van der Waals surface area contributed by atoms with Crippen molar-refractivity contribution in [3.8, 4) is 22.6 Å². The van der Waals surface area contributed by atoms with Gasteiger partial charge < -0.3 is 13.8 Å². The Morgan fingerprint density at radius 1 is 0.930 bits per heavy atom. The number of rotatable bonds is 7. The summed E-state index contributed by atoms with van der Waals surface area (Å²) in [7, 11) is 0. The van der Waals surface area contributed by atoms with E-state index in [1.807, 2.05) is 48.5 Å². The summed E-state index contributed by atoms with van der Waals surface area (Å²) in [6.07, 6.45) is 4.73. The lowest BCUT2D eigenvalue weighted by Crippen LogP contribution is -2.50. The molecule has 1 aliphatic rings. The van der Waals surface area contributed by atoms with Crippen LogP contribution in [0, 0.1) is 0 Å². The van der Waals surface area contributed by atoms with Crippen molar-refractivity contribution < 1.29 is 22.5 Å². The van der Waals surface area contributed by atoms with Gasteiger partial charge in [0.15, 0.2) is 11.4 Å². The minimum atomic E-state index is -2.89. The van der Waals surface area contributed by atoms with E-state index in [1.54, 1.807) is 35.7 Å². The average Bonchev–Trinajstić information content (AvgIpc) is 3.83. The quantitative estimate of drug-likeness (QED) is 0.265. The predicted molar refractivity (Wildman–Crippen MR) is 148 cm³/mol. The van der Waals surface area contributed by atoms with Crippen molar-refractivity contribution in [2.45, 2.75) is 12.6 Å². The molecule has 1 fully saturated rings. The molecular weight excluding hydrogens is 560 g/mol. The second-order valence-electron chi connectivity index (χ2n) is 9.93. The van der Waals surface area contributed by atoms with Crippen LogP contribution in [0.25, 0.3) is 33.7 Å². The van der Waals surface area contributed by atoms with Gasteiger partial charge >= 0.3 is 6.55 Å².